The number of ether oxygens (including phenoxy) is 4. The predicted molar refractivity (Wildman–Crippen MR) is 230 cm³/mol. The second-order valence-electron chi connectivity index (χ2n) is 18.0. The van der Waals surface area contributed by atoms with Crippen LogP contribution in [0, 0.1) is 0 Å². The van der Waals surface area contributed by atoms with E-state index in [0.29, 0.717) is 30.3 Å². The molecule has 1 fully saturated rings. The van der Waals surface area contributed by atoms with Crippen LogP contribution in [-0.2, 0) is 61.7 Å². The molecule has 22 nitrogen and oxygen atoms in total. The van der Waals surface area contributed by atoms with Gasteiger partial charge in [-0.3, -0.25) is 19.5 Å². The van der Waals surface area contributed by atoms with Gasteiger partial charge >= 0.3 is 28.6 Å². The van der Waals surface area contributed by atoms with Crippen molar-refractivity contribution in [3.05, 3.63) is 47.9 Å². The topological polar surface area (TPSA) is 268 Å². The molecule has 1 saturated heterocycles. The van der Waals surface area contributed by atoms with Crippen molar-refractivity contribution in [3.8, 4) is 17.0 Å². The van der Waals surface area contributed by atoms with Crippen LogP contribution in [0.3, 0.4) is 0 Å². The highest BCUT2D eigenvalue weighted by atomic mass is 32.3. The molecule has 2 aromatic heterocycles. The van der Waals surface area contributed by atoms with Crippen molar-refractivity contribution in [2.24, 2.45) is 12.2 Å². The number of benzene rings is 1. The van der Waals surface area contributed by atoms with Crippen molar-refractivity contribution in [1.29, 1.82) is 0 Å². The number of carbonyl (C=O) groups excluding carboxylic acids is 5. The average molecular weight is 938 g/mol. The van der Waals surface area contributed by atoms with Gasteiger partial charge in [0.05, 0.1) is 19.1 Å². The minimum atomic E-state index is -5.08. The highest BCUT2D eigenvalue weighted by Gasteiger charge is 2.58. The predicted octanol–water partition coefficient (Wildman–Crippen LogP) is 4.05. The van der Waals surface area contributed by atoms with Crippen LogP contribution in [0.15, 0.2) is 47.3 Å². The van der Waals surface area contributed by atoms with Gasteiger partial charge in [0.2, 0.25) is 6.33 Å². The molecule has 64 heavy (non-hydrogen) atoms. The summed E-state index contributed by atoms with van der Waals surface area (Å²) in [5.41, 5.74) is -2.88. The molecular weight excluding hydrogens is 881 g/mol. The first-order chi connectivity index (χ1) is 29.4. The number of esters is 1. The Morgan fingerprint density at radius 3 is 2.16 bits per heavy atom. The first-order valence-corrected chi connectivity index (χ1v) is 22.2. The van der Waals surface area contributed by atoms with E-state index < -0.39 is 87.2 Å². The summed E-state index contributed by atoms with van der Waals surface area (Å²) >= 11 is 0.893. The highest BCUT2D eigenvalue weighted by molar-refractivity contribution is 7.80. The molecule has 0 bridgehead atoms. The normalized spacial score (nSPS) is 16.0. The molecule has 4 N–H and O–H groups in total. The zero-order valence-corrected chi connectivity index (χ0v) is 39.5. The zero-order chi connectivity index (χ0) is 48.0. The first kappa shape index (κ1) is 50.8. The number of amides is 4. The second-order valence-corrected chi connectivity index (χ2v) is 19.9. The first-order valence-electron chi connectivity index (χ1n) is 19.9. The van der Waals surface area contributed by atoms with Gasteiger partial charge < -0.3 is 34.4 Å². The van der Waals surface area contributed by atoms with Gasteiger partial charge in [0.1, 0.15) is 47.1 Å². The molecule has 0 radical (unpaired) electrons. The molecule has 0 spiro atoms. The zero-order valence-electron chi connectivity index (χ0n) is 37.8. The van der Waals surface area contributed by atoms with Crippen LogP contribution in [0.1, 0.15) is 88.3 Å². The van der Waals surface area contributed by atoms with Crippen molar-refractivity contribution in [2.45, 2.75) is 124 Å². The molecular formula is C40H57N8O14S2+. The number of thiazole rings is 1. The van der Waals surface area contributed by atoms with Crippen LogP contribution in [0.25, 0.3) is 11.3 Å². The summed E-state index contributed by atoms with van der Waals surface area (Å²) in [7, 11) is -3.19. The number of aromatic nitrogens is 3. The van der Waals surface area contributed by atoms with Gasteiger partial charge in [0, 0.05) is 23.9 Å². The van der Waals surface area contributed by atoms with E-state index in [1.54, 1.807) is 74.4 Å². The van der Waals surface area contributed by atoms with E-state index in [0.717, 1.165) is 22.6 Å². The van der Waals surface area contributed by atoms with E-state index in [9.17, 15) is 32.4 Å². The van der Waals surface area contributed by atoms with Crippen LogP contribution in [0.4, 0.5) is 14.7 Å². The van der Waals surface area contributed by atoms with Crippen LogP contribution >= 0.6 is 11.3 Å². The average Bonchev–Trinajstić information content (AvgIpc) is 3.75. The van der Waals surface area contributed by atoms with E-state index in [4.69, 9.17) is 28.3 Å². The Bertz CT molecular complexity index is 2320. The maximum atomic E-state index is 13.9. The highest BCUT2D eigenvalue weighted by Crippen LogP contribution is 2.33. The Kier molecular flexibility index (Phi) is 15.8. The van der Waals surface area contributed by atoms with Crippen molar-refractivity contribution in [3.63, 3.8) is 0 Å². The van der Waals surface area contributed by atoms with Gasteiger partial charge in [-0.15, -0.1) is 15.6 Å². The molecule has 2 atom stereocenters. The molecule has 1 aliphatic rings. The van der Waals surface area contributed by atoms with Crippen molar-refractivity contribution in [1.82, 2.24) is 25.2 Å². The third-order valence-corrected chi connectivity index (χ3v) is 9.53. The van der Waals surface area contributed by atoms with Gasteiger partial charge in [0.25, 0.3) is 17.9 Å². The SMILES string of the molecule is C[n+]1cn(CCCNC(=O)OC(C)(C)C)cc1-c1ccc(OCC(O/N=C(\C(=O)N[C@@H]2C(=O)N(OS(=O)(=O)O)C2(C)C)c2csc(NC(=O)OC(C)(C)C)n2)C(=O)OC(C)(C)C)cc1. The number of hydrogen-bond acceptors (Lipinski definition) is 16. The summed E-state index contributed by atoms with van der Waals surface area (Å²) in [5.74, 6) is -2.64. The quantitative estimate of drug-likeness (QED) is 0.0217. The third kappa shape index (κ3) is 15.2. The van der Waals surface area contributed by atoms with Gasteiger partial charge in [-0.25, -0.2) is 28.5 Å². The summed E-state index contributed by atoms with van der Waals surface area (Å²) in [6.07, 6.45) is 1.67. The van der Waals surface area contributed by atoms with E-state index in [-0.39, 0.29) is 10.8 Å². The van der Waals surface area contributed by atoms with E-state index in [1.165, 1.54) is 19.2 Å². The van der Waals surface area contributed by atoms with Gasteiger partial charge in [0.15, 0.2) is 16.5 Å². The number of nitrogens with zero attached hydrogens (tertiary/aromatic N) is 5. The lowest BCUT2D eigenvalue weighted by molar-refractivity contribution is -0.660. The van der Waals surface area contributed by atoms with E-state index in [2.05, 4.69) is 30.4 Å². The lowest BCUT2D eigenvalue weighted by atomic mass is 9.84. The monoisotopic (exact) mass is 937 g/mol. The smallest absolute Gasteiger partial charge is 0.418 e. The number of carbonyl (C=O) groups is 5. The number of hydroxylamine groups is 2. The molecule has 4 amide bonds. The molecule has 352 valence electrons. The number of β-lactam (4-membered cyclic amide) rings is 1. The molecule has 0 aliphatic carbocycles. The van der Waals surface area contributed by atoms with Gasteiger partial charge in [-0.1, -0.05) is 5.16 Å². The molecule has 1 aliphatic heterocycles. The van der Waals surface area contributed by atoms with Gasteiger partial charge in [-0.2, -0.15) is 13.5 Å². The van der Waals surface area contributed by atoms with Crippen LogP contribution < -0.4 is 25.3 Å². The summed E-state index contributed by atoms with van der Waals surface area (Å²) in [4.78, 5) is 74.6. The lowest BCUT2D eigenvalue weighted by Gasteiger charge is -2.50. The van der Waals surface area contributed by atoms with Crippen molar-refractivity contribution in [2.75, 3.05) is 18.5 Å². The number of hydrogen-bond donors (Lipinski definition) is 4. The van der Waals surface area contributed by atoms with E-state index >= 15 is 0 Å². The van der Waals surface area contributed by atoms with E-state index in [1.807, 2.05) is 40.8 Å². The second kappa shape index (κ2) is 19.9. The fourth-order valence-corrected chi connectivity index (χ4v) is 6.84. The number of aryl methyl sites for hydroxylation is 2. The Hall–Kier alpha value is -5.85. The minimum Gasteiger partial charge on any atom is -0.489 e. The van der Waals surface area contributed by atoms with Crippen LogP contribution in [0.5, 0.6) is 5.75 Å². The number of oxime groups is 1. The number of alkyl carbamates (subject to hydrolysis) is 1. The Labute approximate surface area is 375 Å². The summed E-state index contributed by atoms with van der Waals surface area (Å²) in [5, 5.41) is 13.3. The fraction of sp³-hybridized carbons (Fsp3) is 0.550. The van der Waals surface area contributed by atoms with Gasteiger partial charge in [-0.05, 0) is 100 Å². The number of imidazole rings is 1. The molecule has 4 rings (SSSR count). The summed E-state index contributed by atoms with van der Waals surface area (Å²) in [6, 6.07) is 5.62. The molecule has 0 saturated carbocycles. The number of anilines is 1. The molecule has 24 heteroatoms. The van der Waals surface area contributed by atoms with Crippen molar-refractivity contribution >= 4 is 62.5 Å². The van der Waals surface area contributed by atoms with Crippen LogP contribution in [0.2, 0.25) is 0 Å². The number of rotatable bonds is 17. The maximum Gasteiger partial charge on any atom is 0.418 e. The summed E-state index contributed by atoms with van der Waals surface area (Å²) in [6.45, 7) is 18.6. The molecule has 3 heterocycles. The Morgan fingerprint density at radius 2 is 1.58 bits per heavy atom. The Morgan fingerprint density at radius 1 is 0.969 bits per heavy atom. The molecule has 1 aromatic carbocycles. The fourth-order valence-electron chi connectivity index (χ4n) is 5.71. The Balaban J connectivity index is 1.53. The third-order valence-electron chi connectivity index (χ3n) is 8.43. The standard InChI is InChI=1S/C40H56N8O14S2/c1-37(2,3)58-33(51)28(21-57-25-16-14-24(15-17-25)27-20-47(23-46(27)12)19-13-18-41-35(52)59-38(4,5)6)61-45-29(26-22-63-34(42-26)44-36(53)60-39(7,8)9)31(49)43-30-32(50)48(40(30,10)11)62-64(54,55)56/h14-17,20,22-23,28,30H,13,18-19,21H2,1-12H3,(H3-,41,42,43,44,49,52,53,54,55,56)/p+1/b45-29-/t28?,30-/m1/s1. The minimum absolute atomic E-state index is 0.00856. The molecule has 3 aromatic rings. The lowest BCUT2D eigenvalue weighted by Crippen LogP contribution is -2.76. The maximum absolute atomic E-state index is 13.9. The van der Waals surface area contributed by atoms with Crippen molar-refractivity contribution < 1.29 is 69.6 Å². The summed E-state index contributed by atoms with van der Waals surface area (Å²) < 4.78 is 62.2. The number of nitrogens with one attached hydrogen (secondary N) is 3. The largest absolute Gasteiger partial charge is 0.489 e. The molecule has 1 unspecified atom stereocenters. The van der Waals surface area contributed by atoms with Crippen LogP contribution in [-0.4, -0.2) is 111 Å².